The van der Waals surface area contributed by atoms with Gasteiger partial charge in [0, 0.05) is 18.3 Å². The van der Waals surface area contributed by atoms with E-state index in [0.717, 1.165) is 33.4 Å². The zero-order valence-corrected chi connectivity index (χ0v) is 21.0. The summed E-state index contributed by atoms with van der Waals surface area (Å²) in [6.07, 6.45) is 5.65. The number of carbonyl (C=O) groups is 1. The molecule has 0 radical (unpaired) electrons. The summed E-state index contributed by atoms with van der Waals surface area (Å²) in [7, 11) is 0. The normalized spacial score (nSPS) is 21.9. The van der Waals surface area contributed by atoms with Gasteiger partial charge in [0.25, 0.3) is 0 Å². The number of thioether (sulfide) groups is 1. The number of nitriles is 1. The third-order valence-electron chi connectivity index (χ3n) is 7.37. The molecule has 2 bridgehead atoms. The second-order valence-corrected chi connectivity index (χ2v) is 11.2. The molecule has 8 heteroatoms. The Morgan fingerprint density at radius 2 is 2.09 bits per heavy atom. The van der Waals surface area contributed by atoms with Gasteiger partial charge in [-0.05, 0) is 67.5 Å². The second kappa shape index (κ2) is 10.3. The van der Waals surface area contributed by atoms with E-state index in [4.69, 9.17) is 5.26 Å². The lowest BCUT2D eigenvalue weighted by atomic mass is 9.84. The number of hydrogen-bond donors (Lipinski definition) is 0. The fourth-order valence-electron chi connectivity index (χ4n) is 5.76. The molecule has 0 spiro atoms. The van der Waals surface area contributed by atoms with Gasteiger partial charge in [-0.3, -0.25) is 9.36 Å². The van der Waals surface area contributed by atoms with Crippen LogP contribution in [-0.2, 0) is 4.79 Å². The Kier molecular flexibility index (Phi) is 7.02. The van der Waals surface area contributed by atoms with Crippen LogP contribution in [-0.4, -0.2) is 33.0 Å². The molecule has 2 saturated carbocycles. The third kappa shape index (κ3) is 4.64. The molecule has 2 aromatic heterocycles. The maximum atomic E-state index is 13.2. The smallest absolute Gasteiger partial charge is 0.237 e. The highest BCUT2D eigenvalue weighted by Crippen LogP contribution is 2.53. The van der Waals surface area contributed by atoms with Gasteiger partial charge < -0.3 is 4.90 Å². The van der Waals surface area contributed by atoms with Crippen LogP contribution in [0, 0.1) is 29.1 Å². The molecule has 1 amide bonds. The number of hydrogen-bond acceptors (Lipinski definition) is 6. The van der Waals surface area contributed by atoms with Crippen LogP contribution in [0.1, 0.15) is 45.1 Å². The van der Waals surface area contributed by atoms with Crippen molar-refractivity contribution in [3.05, 3.63) is 47.8 Å². The van der Waals surface area contributed by atoms with Crippen molar-refractivity contribution in [2.75, 3.05) is 17.2 Å². The van der Waals surface area contributed by atoms with Gasteiger partial charge in [0.1, 0.15) is 0 Å². The van der Waals surface area contributed by atoms with Crippen LogP contribution in [0.15, 0.2) is 53.0 Å². The average molecular weight is 492 g/mol. The molecule has 2 heterocycles. The number of fused-ring (bicyclic) bond motifs is 2. The molecule has 3 aromatic rings. The SMILES string of the molecule is CC(C1CC2CCC1C2)n1c(SCC(=O)N(CCC#N)c2ccccc2)nnc1-c1cccs1. The molecule has 6 nitrogen and oxygen atoms in total. The predicted molar refractivity (Wildman–Crippen MR) is 137 cm³/mol. The number of rotatable bonds is 9. The number of nitrogens with zero attached hydrogens (tertiary/aromatic N) is 5. The van der Waals surface area contributed by atoms with Crippen LogP contribution in [0.3, 0.4) is 0 Å². The van der Waals surface area contributed by atoms with Crippen LogP contribution in [0.25, 0.3) is 10.7 Å². The molecule has 5 rings (SSSR count). The number of amides is 1. The fraction of sp³-hybridized carbons (Fsp3) is 0.462. The largest absolute Gasteiger partial charge is 0.311 e. The molecule has 176 valence electrons. The summed E-state index contributed by atoms with van der Waals surface area (Å²) in [5.41, 5.74) is 0.819. The Labute approximate surface area is 209 Å². The Balaban J connectivity index is 1.38. The van der Waals surface area contributed by atoms with E-state index in [1.54, 1.807) is 16.2 Å². The number of anilines is 1. The summed E-state index contributed by atoms with van der Waals surface area (Å²) in [5, 5.41) is 21.1. The van der Waals surface area contributed by atoms with Crippen molar-refractivity contribution in [3.63, 3.8) is 0 Å². The minimum atomic E-state index is -0.0220. The summed E-state index contributed by atoms with van der Waals surface area (Å²) < 4.78 is 2.29. The van der Waals surface area contributed by atoms with Crippen molar-refractivity contribution in [2.45, 2.75) is 50.2 Å². The van der Waals surface area contributed by atoms with Crippen LogP contribution in [0.2, 0.25) is 0 Å². The van der Waals surface area contributed by atoms with Crippen molar-refractivity contribution in [1.29, 1.82) is 5.26 Å². The first-order valence-corrected chi connectivity index (χ1v) is 13.9. The zero-order chi connectivity index (χ0) is 23.5. The Morgan fingerprint density at radius 1 is 1.24 bits per heavy atom. The van der Waals surface area contributed by atoms with Crippen LogP contribution < -0.4 is 4.90 Å². The van der Waals surface area contributed by atoms with Gasteiger partial charge in [-0.1, -0.05) is 42.4 Å². The van der Waals surface area contributed by atoms with E-state index in [1.165, 1.54) is 37.4 Å². The second-order valence-electron chi connectivity index (χ2n) is 9.31. The van der Waals surface area contributed by atoms with Gasteiger partial charge in [0.2, 0.25) is 5.91 Å². The van der Waals surface area contributed by atoms with E-state index in [2.05, 4.69) is 39.2 Å². The fourth-order valence-corrected chi connectivity index (χ4v) is 7.37. The predicted octanol–water partition coefficient (Wildman–Crippen LogP) is 6.04. The maximum Gasteiger partial charge on any atom is 0.237 e. The van der Waals surface area contributed by atoms with E-state index < -0.39 is 0 Å². The molecule has 0 N–H and O–H groups in total. The van der Waals surface area contributed by atoms with Gasteiger partial charge in [-0.25, -0.2) is 0 Å². The molecule has 1 aromatic carbocycles. The number of aromatic nitrogens is 3. The minimum Gasteiger partial charge on any atom is -0.311 e. The summed E-state index contributed by atoms with van der Waals surface area (Å²) in [6.45, 7) is 2.69. The van der Waals surface area contributed by atoms with Crippen molar-refractivity contribution in [3.8, 4) is 16.8 Å². The molecule has 2 aliphatic rings. The molecule has 2 aliphatic carbocycles. The highest BCUT2D eigenvalue weighted by Gasteiger charge is 2.43. The van der Waals surface area contributed by atoms with Gasteiger partial charge in [-0.15, -0.1) is 21.5 Å². The van der Waals surface area contributed by atoms with Crippen molar-refractivity contribution in [1.82, 2.24) is 14.8 Å². The molecule has 34 heavy (non-hydrogen) atoms. The van der Waals surface area contributed by atoms with Gasteiger partial charge >= 0.3 is 0 Å². The lowest BCUT2D eigenvalue weighted by Gasteiger charge is -2.30. The monoisotopic (exact) mass is 491 g/mol. The molecular weight excluding hydrogens is 462 g/mol. The third-order valence-corrected chi connectivity index (χ3v) is 9.16. The number of thiophene rings is 1. The average Bonchev–Trinajstić information content (AvgIpc) is 3.67. The topological polar surface area (TPSA) is 74.8 Å². The van der Waals surface area contributed by atoms with Gasteiger partial charge in [-0.2, -0.15) is 5.26 Å². The van der Waals surface area contributed by atoms with E-state index in [1.807, 2.05) is 36.4 Å². The standard InChI is InChI=1S/C26H29N5OS2/c1-18(22-16-19-10-11-20(22)15-19)31-25(23-9-5-14-33-23)28-29-26(31)34-17-24(32)30(13-6-12-27)21-7-3-2-4-8-21/h2-5,7-9,14,18-20,22H,6,10-11,13,15-17H2,1H3. The van der Waals surface area contributed by atoms with Gasteiger partial charge in [0.05, 0.1) is 23.1 Å². The molecular formula is C26H29N5OS2. The Bertz CT molecular complexity index is 1150. The van der Waals surface area contributed by atoms with Crippen molar-refractivity contribution < 1.29 is 4.79 Å². The van der Waals surface area contributed by atoms with Crippen LogP contribution in [0.4, 0.5) is 5.69 Å². The molecule has 0 aliphatic heterocycles. The zero-order valence-electron chi connectivity index (χ0n) is 19.3. The summed E-state index contributed by atoms with van der Waals surface area (Å²) in [6, 6.07) is 16.2. The Morgan fingerprint density at radius 3 is 2.76 bits per heavy atom. The Hall–Kier alpha value is -2.63. The highest BCUT2D eigenvalue weighted by atomic mass is 32.2. The molecule has 4 atom stereocenters. The molecule has 2 fully saturated rings. The summed E-state index contributed by atoms with van der Waals surface area (Å²) in [5.74, 6) is 3.44. The van der Waals surface area contributed by atoms with E-state index >= 15 is 0 Å². The van der Waals surface area contributed by atoms with Crippen LogP contribution in [0.5, 0.6) is 0 Å². The number of carbonyl (C=O) groups excluding carboxylic acids is 1. The van der Waals surface area contributed by atoms with E-state index in [-0.39, 0.29) is 11.7 Å². The quantitative estimate of drug-likeness (QED) is 0.341. The van der Waals surface area contributed by atoms with Gasteiger partial charge in [0.15, 0.2) is 11.0 Å². The maximum absolute atomic E-state index is 13.2. The number of benzene rings is 1. The molecule has 4 unspecified atom stereocenters. The summed E-state index contributed by atoms with van der Waals surface area (Å²) in [4.78, 5) is 16.1. The number of para-hydroxylation sites is 1. The molecule has 0 saturated heterocycles. The van der Waals surface area contributed by atoms with E-state index in [0.29, 0.717) is 24.9 Å². The van der Waals surface area contributed by atoms with Crippen molar-refractivity contribution >= 4 is 34.7 Å². The summed E-state index contributed by atoms with van der Waals surface area (Å²) >= 11 is 3.13. The van der Waals surface area contributed by atoms with Crippen molar-refractivity contribution in [2.24, 2.45) is 17.8 Å². The lowest BCUT2D eigenvalue weighted by Crippen LogP contribution is -2.33. The lowest BCUT2D eigenvalue weighted by molar-refractivity contribution is -0.116. The van der Waals surface area contributed by atoms with Crippen LogP contribution >= 0.6 is 23.1 Å². The minimum absolute atomic E-state index is 0.0220. The first-order chi connectivity index (χ1) is 16.7. The first kappa shape index (κ1) is 23.1. The first-order valence-electron chi connectivity index (χ1n) is 12.0. The van der Waals surface area contributed by atoms with E-state index in [9.17, 15) is 4.79 Å². The highest BCUT2D eigenvalue weighted by molar-refractivity contribution is 7.99.